The first-order valence-electron chi connectivity index (χ1n) is 7.27. The highest BCUT2D eigenvalue weighted by molar-refractivity contribution is 7.13. The molecule has 2 aromatic rings. The van der Waals surface area contributed by atoms with Gasteiger partial charge in [-0.25, -0.2) is 4.98 Å². The number of hydrogen-bond acceptors (Lipinski definition) is 5. The lowest BCUT2D eigenvalue weighted by Gasteiger charge is -2.17. The molecule has 0 radical (unpaired) electrons. The van der Waals surface area contributed by atoms with Crippen molar-refractivity contribution in [2.45, 2.75) is 20.4 Å². The number of likely N-dealkylation sites (N-methyl/N-ethyl adjacent to an activating group) is 1. The molecule has 0 aliphatic heterocycles. The zero-order valence-electron chi connectivity index (χ0n) is 12.6. The summed E-state index contributed by atoms with van der Waals surface area (Å²) in [6, 6.07) is 8.03. The van der Waals surface area contributed by atoms with E-state index in [2.05, 4.69) is 22.2 Å². The zero-order valence-corrected chi connectivity index (χ0v) is 13.4. The van der Waals surface area contributed by atoms with Crippen LogP contribution in [-0.4, -0.2) is 41.3 Å². The van der Waals surface area contributed by atoms with Gasteiger partial charge >= 0.3 is 0 Å². The van der Waals surface area contributed by atoms with Gasteiger partial charge in [0.15, 0.2) is 0 Å². The van der Waals surface area contributed by atoms with Crippen molar-refractivity contribution in [3.05, 3.63) is 35.3 Å². The lowest BCUT2D eigenvalue weighted by atomic mass is 10.2. The number of benzene rings is 1. The molecule has 1 aromatic carbocycles. The van der Waals surface area contributed by atoms with Crippen molar-refractivity contribution in [2.75, 3.05) is 26.3 Å². The molecule has 0 saturated heterocycles. The van der Waals surface area contributed by atoms with Crippen LogP contribution in [0.4, 0.5) is 0 Å². The highest BCUT2D eigenvalue weighted by Gasteiger charge is 2.08. The van der Waals surface area contributed by atoms with Gasteiger partial charge in [0.05, 0.1) is 18.9 Å². The van der Waals surface area contributed by atoms with Crippen molar-refractivity contribution in [1.82, 2.24) is 9.88 Å². The van der Waals surface area contributed by atoms with Crippen LogP contribution in [0, 0.1) is 0 Å². The molecule has 114 valence electrons. The minimum absolute atomic E-state index is 0.184. The van der Waals surface area contributed by atoms with Crippen molar-refractivity contribution in [2.24, 2.45) is 0 Å². The Kier molecular flexibility index (Phi) is 6.17. The van der Waals surface area contributed by atoms with Crippen molar-refractivity contribution in [1.29, 1.82) is 0 Å². The fourth-order valence-corrected chi connectivity index (χ4v) is 2.91. The molecular weight excluding hydrogens is 284 g/mol. The van der Waals surface area contributed by atoms with Crippen molar-refractivity contribution in [3.8, 4) is 16.3 Å². The van der Waals surface area contributed by atoms with Gasteiger partial charge in [-0.3, -0.25) is 4.90 Å². The van der Waals surface area contributed by atoms with E-state index in [1.54, 1.807) is 11.3 Å². The Bertz CT molecular complexity index is 539. The molecule has 1 N–H and O–H groups in total. The summed E-state index contributed by atoms with van der Waals surface area (Å²) in [5.41, 5.74) is 2.17. The Morgan fingerprint density at radius 3 is 2.62 bits per heavy atom. The van der Waals surface area contributed by atoms with Gasteiger partial charge < -0.3 is 9.84 Å². The molecular formula is C16H22N2O2S. The Hall–Kier alpha value is -1.43. The second-order valence-electron chi connectivity index (χ2n) is 4.69. The minimum atomic E-state index is 0.184. The number of ether oxygens (including phenoxy) is 1. The summed E-state index contributed by atoms with van der Waals surface area (Å²) >= 11 is 1.65. The van der Waals surface area contributed by atoms with E-state index in [1.807, 2.05) is 31.2 Å². The number of hydrogen-bond donors (Lipinski definition) is 1. The predicted molar refractivity (Wildman–Crippen MR) is 86.8 cm³/mol. The average molecular weight is 306 g/mol. The van der Waals surface area contributed by atoms with E-state index in [1.165, 1.54) is 0 Å². The molecule has 0 amide bonds. The molecule has 4 nitrogen and oxygen atoms in total. The number of aromatic nitrogens is 1. The van der Waals surface area contributed by atoms with Gasteiger partial charge in [-0.2, -0.15) is 0 Å². The molecule has 1 aromatic heterocycles. The Morgan fingerprint density at radius 2 is 2.00 bits per heavy atom. The van der Waals surface area contributed by atoms with Gasteiger partial charge in [0.2, 0.25) is 0 Å². The van der Waals surface area contributed by atoms with Crippen molar-refractivity contribution < 1.29 is 9.84 Å². The molecule has 0 fully saturated rings. The Morgan fingerprint density at radius 1 is 1.24 bits per heavy atom. The SMILES string of the molecule is CCOc1ccc(-c2nc(CN(CC)CCO)cs2)cc1. The molecule has 0 aliphatic rings. The van der Waals surface area contributed by atoms with Crippen molar-refractivity contribution >= 4 is 11.3 Å². The Labute approximate surface area is 130 Å². The highest BCUT2D eigenvalue weighted by Crippen LogP contribution is 2.26. The maximum absolute atomic E-state index is 9.03. The molecule has 0 bridgehead atoms. The van der Waals surface area contributed by atoms with Gasteiger partial charge in [-0.05, 0) is 37.7 Å². The van der Waals surface area contributed by atoms with E-state index in [0.717, 1.165) is 35.1 Å². The summed E-state index contributed by atoms with van der Waals surface area (Å²) in [7, 11) is 0. The first-order valence-corrected chi connectivity index (χ1v) is 8.15. The smallest absolute Gasteiger partial charge is 0.123 e. The van der Waals surface area contributed by atoms with Crippen LogP contribution in [0.2, 0.25) is 0 Å². The topological polar surface area (TPSA) is 45.6 Å². The average Bonchev–Trinajstić information content (AvgIpc) is 2.96. The molecule has 2 rings (SSSR count). The van der Waals surface area contributed by atoms with Crippen LogP contribution < -0.4 is 4.74 Å². The standard InChI is InChI=1S/C16H22N2O2S/c1-3-18(9-10-19)11-14-12-21-16(17-14)13-5-7-15(8-6-13)20-4-2/h5-8,12,19H,3-4,9-11H2,1-2H3. The summed E-state index contributed by atoms with van der Waals surface area (Å²) in [6.07, 6.45) is 0. The van der Waals surface area contributed by atoms with Gasteiger partial charge in [-0.1, -0.05) is 6.92 Å². The van der Waals surface area contributed by atoms with E-state index in [0.29, 0.717) is 13.2 Å². The third-order valence-electron chi connectivity index (χ3n) is 3.21. The van der Waals surface area contributed by atoms with Crippen LogP contribution in [0.3, 0.4) is 0 Å². The van der Waals surface area contributed by atoms with Crippen LogP contribution in [0.25, 0.3) is 10.6 Å². The van der Waals surface area contributed by atoms with E-state index in [4.69, 9.17) is 9.84 Å². The second-order valence-corrected chi connectivity index (χ2v) is 5.55. The number of nitrogens with zero attached hydrogens (tertiary/aromatic N) is 2. The van der Waals surface area contributed by atoms with Crippen molar-refractivity contribution in [3.63, 3.8) is 0 Å². The number of aliphatic hydroxyl groups is 1. The highest BCUT2D eigenvalue weighted by atomic mass is 32.1. The molecule has 21 heavy (non-hydrogen) atoms. The number of rotatable bonds is 8. The fourth-order valence-electron chi connectivity index (χ4n) is 2.09. The molecule has 1 heterocycles. The van der Waals surface area contributed by atoms with Gasteiger partial charge in [0.1, 0.15) is 10.8 Å². The quantitative estimate of drug-likeness (QED) is 0.814. The molecule has 0 atom stereocenters. The third-order valence-corrected chi connectivity index (χ3v) is 4.15. The maximum atomic E-state index is 9.03. The van der Waals surface area contributed by atoms with Gasteiger partial charge in [0.25, 0.3) is 0 Å². The van der Waals surface area contributed by atoms with Crippen LogP contribution in [0.15, 0.2) is 29.6 Å². The van der Waals surface area contributed by atoms with E-state index < -0.39 is 0 Å². The van der Waals surface area contributed by atoms with Gasteiger partial charge in [0, 0.05) is 24.0 Å². The van der Waals surface area contributed by atoms with Crippen LogP contribution in [0.5, 0.6) is 5.75 Å². The lowest BCUT2D eigenvalue weighted by molar-refractivity contribution is 0.195. The first-order chi connectivity index (χ1) is 10.3. The first kappa shape index (κ1) is 15.9. The summed E-state index contributed by atoms with van der Waals surface area (Å²) in [5.74, 6) is 0.887. The Balaban J connectivity index is 2.04. The number of aliphatic hydroxyl groups excluding tert-OH is 1. The fraction of sp³-hybridized carbons (Fsp3) is 0.438. The third kappa shape index (κ3) is 4.52. The van der Waals surface area contributed by atoms with Crippen LogP contribution in [0.1, 0.15) is 19.5 Å². The molecule has 0 aliphatic carbocycles. The van der Waals surface area contributed by atoms with Crippen LogP contribution in [-0.2, 0) is 6.54 Å². The monoisotopic (exact) mass is 306 g/mol. The van der Waals surface area contributed by atoms with E-state index in [9.17, 15) is 0 Å². The zero-order chi connectivity index (χ0) is 15.1. The molecule has 5 heteroatoms. The van der Waals surface area contributed by atoms with E-state index in [-0.39, 0.29) is 6.61 Å². The summed E-state index contributed by atoms with van der Waals surface area (Å²) < 4.78 is 5.45. The second kappa shape index (κ2) is 8.12. The van der Waals surface area contributed by atoms with E-state index >= 15 is 0 Å². The summed E-state index contributed by atoms with van der Waals surface area (Å²) in [4.78, 5) is 6.86. The maximum Gasteiger partial charge on any atom is 0.123 e. The normalized spacial score (nSPS) is 11.0. The number of thiazole rings is 1. The summed E-state index contributed by atoms with van der Waals surface area (Å²) in [6.45, 7) is 7.32. The summed E-state index contributed by atoms with van der Waals surface area (Å²) in [5, 5.41) is 12.1. The molecule has 0 spiro atoms. The largest absolute Gasteiger partial charge is 0.494 e. The lowest BCUT2D eigenvalue weighted by Crippen LogP contribution is -2.26. The predicted octanol–water partition coefficient (Wildman–Crippen LogP) is 3.02. The van der Waals surface area contributed by atoms with Gasteiger partial charge in [-0.15, -0.1) is 11.3 Å². The molecule has 0 unspecified atom stereocenters. The van der Waals surface area contributed by atoms with Crippen LogP contribution >= 0.6 is 11.3 Å². The molecule has 0 saturated carbocycles. The minimum Gasteiger partial charge on any atom is -0.494 e.